The highest BCUT2D eigenvalue weighted by Gasteiger charge is 1.84. The molecule has 0 aliphatic carbocycles. The van der Waals surface area contributed by atoms with Crippen LogP contribution in [-0.4, -0.2) is 0 Å². The summed E-state index contributed by atoms with van der Waals surface area (Å²) >= 11 is 5.35. The van der Waals surface area contributed by atoms with E-state index in [1.54, 1.807) is 6.92 Å². The van der Waals surface area contributed by atoms with Crippen molar-refractivity contribution in [1.29, 1.82) is 0 Å². The van der Waals surface area contributed by atoms with Crippen molar-refractivity contribution in [2.24, 2.45) is 0 Å². The van der Waals surface area contributed by atoms with Gasteiger partial charge in [-0.15, -0.1) is 0 Å². The summed E-state index contributed by atoms with van der Waals surface area (Å²) in [6.45, 7) is 4.93. The number of hydrogen-bond acceptors (Lipinski definition) is 0. The fourth-order valence-electron chi connectivity index (χ4n) is 0.351. The van der Waals surface area contributed by atoms with E-state index < -0.39 is 0 Å². The lowest BCUT2D eigenvalue weighted by Crippen LogP contribution is -1.63. The minimum Gasteiger partial charge on any atom is -0.207 e. The van der Waals surface area contributed by atoms with Crippen molar-refractivity contribution in [1.82, 2.24) is 0 Å². The lowest BCUT2D eigenvalue weighted by Gasteiger charge is -1.83. The van der Waals surface area contributed by atoms with Crippen molar-refractivity contribution in [2.45, 2.75) is 6.92 Å². The maximum Gasteiger partial charge on any atom is 0.124 e. The van der Waals surface area contributed by atoms with Crippen LogP contribution in [0, 0.1) is 0 Å². The minimum atomic E-state index is -0.377. The van der Waals surface area contributed by atoms with Gasteiger partial charge in [0.1, 0.15) is 5.83 Å². The maximum absolute atomic E-state index is 12.3. The van der Waals surface area contributed by atoms with Crippen molar-refractivity contribution in [3.8, 4) is 0 Å². The van der Waals surface area contributed by atoms with Crippen LogP contribution in [-0.2, 0) is 0 Å². The minimum absolute atomic E-state index is 0.377. The van der Waals surface area contributed by atoms with Gasteiger partial charge in [0.2, 0.25) is 0 Å². The van der Waals surface area contributed by atoms with Crippen LogP contribution in [0.25, 0.3) is 0 Å². The molecule has 0 spiro atoms. The fourth-order valence-corrected chi connectivity index (χ4v) is 0.455. The van der Waals surface area contributed by atoms with Gasteiger partial charge in [0, 0.05) is 5.03 Å². The molecule has 0 saturated heterocycles. The quantitative estimate of drug-likeness (QED) is 0.525. The molecule has 0 radical (unpaired) electrons. The highest BCUT2D eigenvalue weighted by molar-refractivity contribution is 6.29. The van der Waals surface area contributed by atoms with Gasteiger partial charge in [0.25, 0.3) is 0 Å². The number of hydrogen-bond donors (Lipinski definition) is 0. The molecule has 0 nitrogen and oxygen atoms in total. The van der Waals surface area contributed by atoms with Gasteiger partial charge in [0.15, 0.2) is 0 Å². The lowest BCUT2D eigenvalue weighted by atomic mass is 10.4. The van der Waals surface area contributed by atoms with Crippen molar-refractivity contribution in [3.63, 3.8) is 0 Å². The zero-order valence-electron chi connectivity index (χ0n) is 5.20. The zero-order valence-corrected chi connectivity index (χ0v) is 5.95. The molecule has 0 amide bonds. The summed E-state index contributed by atoms with van der Waals surface area (Å²) in [4.78, 5) is 0. The molecule has 0 aromatic carbocycles. The first-order chi connectivity index (χ1) is 4.16. The first-order valence-corrected chi connectivity index (χ1v) is 2.86. The molecular weight excluding hydrogens is 139 g/mol. The van der Waals surface area contributed by atoms with E-state index in [0.717, 1.165) is 0 Å². The predicted octanol–water partition coefficient (Wildman–Crippen LogP) is 3.17. The molecule has 0 heterocycles. The normalized spacial score (nSPS) is 13.7. The maximum atomic E-state index is 12.3. The number of rotatable bonds is 2. The Bertz CT molecular complexity index is 152. The van der Waals surface area contributed by atoms with Gasteiger partial charge in [0.05, 0.1) is 0 Å². The van der Waals surface area contributed by atoms with Gasteiger partial charge in [-0.05, 0) is 19.1 Å². The molecule has 0 unspecified atom stereocenters. The number of allylic oxidation sites excluding steroid dienone is 5. The Morgan fingerprint density at radius 3 is 2.56 bits per heavy atom. The first kappa shape index (κ1) is 8.44. The van der Waals surface area contributed by atoms with Gasteiger partial charge in [-0.1, -0.05) is 24.3 Å². The molecule has 0 N–H and O–H groups in total. The molecule has 0 rings (SSSR count). The monoisotopic (exact) mass is 146 g/mol. The van der Waals surface area contributed by atoms with Crippen molar-refractivity contribution >= 4 is 11.6 Å². The van der Waals surface area contributed by atoms with Crippen molar-refractivity contribution < 1.29 is 4.39 Å². The van der Waals surface area contributed by atoms with E-state index in [1.807, 2.05) is 0 Å². The standard InChI is InChI=1S/C7H8ClF/c1-3-4-7(9)5-6(2)8/h3-5H,1H2,2H3. The summed E-state index contributed by atoms with van der Waals surface area (Å²) in [5, 5.41) is 0.422. The fraction of sp³-hybridized carbons (Fsp3) is 0.143. The zero-order chi connectivity index (χ0) is 7.28. The first-order valence-electron chi connectivity index (χ1n) is 2.49. The van der Waals surface area contributed by atoms with E-state index in [4.69, 9.17) is 11.6 Å². The molecule has 0 aromatic heterocycles. The second-order valence-corrected chi connectivity index (χ2v) is 2.11. The van der Waals surface area contributed by atoms with Gasteiger partial charge in [-0.25, -0.2) is 4.39 Å². The predicted molar refractivity (Wildman–Crippen MR) is 39.0 cm³/mol. The average molecular weight is 147 g/mol. The van der Waals surface area contributed by atoms with Crippen molar-refractivity contribution in [3.05, 3.63) is 35.7 Å². The topological polar surface area (TPSA) is 0 Å². The summed E-state index contributed by atoms with van der Waals surface area (Å²) in [6.07, 6.45) is 3.83. The molecule has 0 atom stereocenters. The molecule has 50 valence electrons. The summed E-state index contributed by atoms with van der Waals surface area (Å²) in [5.41, 5.74) is 0. The molecule has 9 heavy (non-hydrogen) atoms. The van der Waals surface area contributed by atoms with Crippen LogP contribution in [0.2, 0.25) is 0 Å². The summed E-state index contributed by atoms with van der Waals surface area (Å²) in [7, 11) is 0. The molecular formula is C7H8ClF. The number of halogens is 2. The van der Waals surface area contributed by atoms with E-state index >= 15 is 0 Å². The van der Waals surface area contributed by atoms with Crippen LogP contribution in [0.4, 0.5) is 4.39 Å². The summed E-state index contributed by atoms with van der Waals surface area (Å²) in [5.74, 6) is -0.377. The van der Waals surface area contributed by atoms with E-state index in [0.29, 0.717) is 5.03 Å². The second kappa shape index (κ2) is 4.33. The van der Waals surface area contributed by atoms with Gasteiger partial charge >= 0.3 is 0 Å². The highest BCUT2D eigenvalue weighted by Crippen LogP contribution is 2.06. The van der Waals surface area contributed by atoms with E-state index in [1.165, 1.54) is 18.2 Å². The Morgan fingerprint density at radius 1 is 1.67 bits per heavy atom. The summed E-state index contributed by atoms with van der Waals surface area (Å²) in [6, 6.07) is 0. The van der Waals surface area contributed by atoms with Crippen LogP contribution in [0.1, 0.15) is 6.92 Å². The Labute approximate surface area is 59.3 Å². The van der Waals surface area contributed by atoms with Crippen LogP contribution < -0.4 is 0 Å². The molecule has 0 aliphatic rings. The second-order valence-electron chi connectivity index (χ2n) is 1.52. The average Bonchev–Trinajstić information content (AvgIpc) is 1.63. The largest absolute Gasteiger partial charge is 0.207 e. The van der Waals surface area contributed by atoms with Gasteiger partial charge in [-0.2, -0.15) is 0 Å². The molecule has 0 aromatic rings. The molecule has 0 fully saturated rings. The van der Waals surface area contributed by atoms with Gasteiger partial charge < -0.3 is 0 Å². The molecule has 0 saturated carbocycles. The summed E-state index contributed by atoms with van der Waals surface area (Å²) < 4.78 is 12.3. The Balaban J connectivity index is 4.05. The highest BCUT2D eigenvalue weighted by atomic mass is 35.5. The van der Waals surface area contributed by atoms with E-state index in [2.05, 4.69) is 6.58 Å². The Kier molecular flexibility index (Phi) is 4.06. The third-order valence-corrected chi connectivity index (χ3v) is 0.723. The van der Waals surface area contributed by atoms with Gasteiger partial charge in [-0.3, -0.25) is 0 Å². The van der Waals surface area contributed by atoms with E-state index in [9.17, 15) is 4.39 Å². The van der Waals surface area contributed by atoms with E-state index in [-0.39, 0.29) is 5.83 Å². The SMILES string of the molecule is C=CC=C(F)C=C(C)Cl. The smallest absolute Gasteiger partial charge is 0.124 e. The van der Waals surface area contributed by atoms with Crippen LogP contribution >= 0.6 is 11.6 Å². The lowest BCUT2D eigenvalue weighted by molar-refractivity contribution is 0.666. The van der Waals surface area contributed by atoms with Crippen LogP contribution in [0.5, 0.6) is 0 Å². The van der Waals surface area contributed by atoms with Crippen LogP contribution in [0.3, 0.4) is 0 Å². The third-order valence-electron chi connectivity index (χ3n) is 0.614. The third kappa shape index (κ3) is 5.31. The molecule has 2 heteroatoms. The Morgan fingerprint density at radius 2 is 2.22 bits per heavy atom. The van der Waals surface area contributed by atoms with Crippen molar-refractivity contribution in [2.75, 3.05) is 0 Å². The molecule has 0 bridgehead atoms. The molecule has 0 aliphatic heterocycles. The Hall–Kier alpha value is -0.560. The van der Waals surface area contributed by atoms with Crippen LogP contribution in [0.15, 0.2) is 35.7 Å².